The van der Waals surface area contributed by atoms with Crippen molar-refractivity contribution in [3.63, 3.8) is 0 Å². The van der Waals surface area contributed by atoms with Crippen molar-refractivity contribution >= 4 is 33.2 Å². The predicted molar refractivity (Wildman–Crippen MR) is 103 cm³/mol. The summed E-state index contributed by atoms with van der Waals surface area (Å²) in [5, 5.41) is 5.98. The molecule has 0 saturated carbocycles. The van der Waals surface area contributed by atoms with Crippen LogP contribution in [0.15, 0.2) is 44.7 Å². The molecule has 140 valence electrons. The molecule has 0 radical (unpaired) electrons. The monoisotopic (exact) mass is 450 g/mol. The van der Waals surface area contributed by atoms with E-state index in [4.69, 9.17) is 4.52 Å². The zero-order chi connectivity index (χ0) is 18.8. The average Bonchev–Trinajstić information content (AvgIpc) is 3.35. The molecular formula is C18H16BrFN4O2S. The van der Waals surface area contributed by atoms with Crippen LogP contribution in [0, 0.1) is 5.82 Å². The standard InChI is InChI=1S/C18H16BrFN4O2S/c19-12-3-4-14(20)13(10-12)18(25)24-7-5-23(6-8-24)11-16-21-17(22-26-16)15-2-1-9-27-15/h1-4,9-10H,5-8,11H2. The van der Waals surface area contributed by atoms with Gasteiger partial charge in [0.2, 0.25) is 11.7 Å². The summed E-state index contributed by atoms with van der Waals surface area (Å²) in [6.45, 7) is 2.91. The van der Waals surface area contributed by atoms with Gasteiger partial charge in [0.1, 0.15) is 5.82 Å². The Morgan fingerprint density at radius 2 is 2.07 bits per heavy atom. The fourth-order valence-electron chi connectivity index (χ4n) is 2.96. The first-order chi connectivity index (χ1) is 13.1. The molecule has 0 N–H and O–H groups in total. The van der Waals surface area contributed by atoms with E-state index in [9.17, 15) is 9.18 Å². The summed E-state index contributed by atoms with van der Waals surface area (Å²) in [7, 11) is 0. The zero-order valence-electron chi connectivity index (χ0n) is 14.3. The minimum atomic E-state index is -0.502. The molecule has 0 unspecified atom stereocenters. The third-order valence-corrected chi connectivity index (χ3v) is 5.75. The van der Waals surface area contributed by atoms with E-state index in [2.05, 4.69) is 31.0 Å². The molecule has 0 atom stereocenters. The minimum Gasteiger partial charge on any atom is -0.338 e. The Balaban J connectivity index is 1.35. The smallest absolute Gasteiger partial charge is 0.256 e. The van der Waals surface area contributed by atoms with Crippen LogP contribution in [-0.4, -0.2) is 52.0 Å². The highest BCUT2D eigenvalue weighted by molar-refractivity contribution is 9.10. The van der Waals surface area contributed by atoms with Gasteiger partial charge >= 0.3 is 0 Å². The highest BCUT2D eigenvalue weighted by atomic mass is 79.9. The van der Waals surface area contributed by atoms with Crippen molar-refractivity contribution in [2.75, 3.05) is 26.2 Å². The summed E-state index contributed by atoms with van der Waals surface area (Å²) in [5.74, 6) is 0.360. The van der Waals surface area contributed by atoms with Gasteiger partial charge < -0.3 is 9.42 Å². The second-order valence-electron chi connectivity index (χ2n) is 6.18. The number of thiophene rings is 1. The van der Waals surface area contributed by atoms with Gasteiger partial charge in [0, 0.05) is 30.7 Å². The molecule has 1 amide bonds. The number of carbonyl (C=O) groups excluding carboxylic acids is 1. The number of halogens is 2. The van der Waals surface area contributed by atoms with Crippen LogP contribution in [0.4, 0.5) is 4.39 Å². The fourth-order valence-corrected chi connectivity index (χ4v) is 3.97. The van der Waals surface area contributed by atoms with Crippen LogP contribution in [0.2, 0.25) is 0 Å². The second kappa shape index (κ2) is 7.87. The van der Waals surface area contributed by atoms with Gasteiger partial charge in [0.15, 0.2) is 0 Å². The van der Waals surface area contributed by atoms with E-state index in [-0.39, 0.29) is 11.5 Å². The van der Waals surface area contributed by atoms with Crippen LogP contribution >= 0.6 is 27.3 Å². The first-order valence-corrected chi connectivity index (χ1v) is 10.1. The molecule has 2 aromatic heterocycles. The maximum absolute atomic E-state index is 14.0. The Morgan fingerprint density at radius 1 is 1.26 bits per heavy atom. The fraction of sp³-hybridized carbons (Fsp3) is 0.278. The molecule has 1 fully saturated rings. The molecule has 1 aromatic carbocycles. The second-order valence-corrected chi connectivity index (χ2v) is 8.04. The van der Waals surface area contributed by atoms with Crippen molar-refractivity contribution in [1.29, 1.82) is 0 Å². The van der Waals surface area contributed by atoms with Crippen molar-refractivity contribution in [2.24, 2.45) is 0 Å². The SMILES string of the molecule is O=C(c1cc(Br)ccc1F)N1CCN(Cc2nc(-c3cccs3)no2)CC1. The molecule has 27 heavy (non-hydrogen) atoms. The van der Waals surface area contributed by atoms with Gasteiger partial charge in [-0.05, 0) is 29.6 Å². The molecule has 0 spiro atoms. The lowest BCUT2D eigenvalue weighted by atomic mass is 10.1. The van der Waals surface area contributed by atoms with Crippen LogP contribution in [0.1, 0.15) is 16.2 Å². The normalized spacial score (nSPS) is 15.3. The lowest BCUT2D eigenvalue weighted by Crippen LogP contribution is -2.48. The van der Waals surface area contributed by atoms with Gasteiger partial charge in [0.25, 0.3) is 5.91 Å². The van der Waals surface area contributed by atoms with Gasteiger partial charge in [-0.2, -0.15) is 4.98 Å². The summed E-state index contributed by atoms with van der Waals surface area (Å²) in [4.78, 5) is 21.8. The Hall–Kier alpha value is -2.10. The predicted octanol–water partition coefficient (Wildman–Crippen LogP) is 3.66. The van der Waals surface area contributed by atoms with Crippen molar-refractivity contribution in [3.8, 4) is 10.7 Å². The lowest BCUT2D eigenvalue weighted by molar-refractivity contribution is 0.0610. The average molecular weight is 451 g/mol. The molecule has 0 bridgehead atoms. The van der Waals surface area contributed by atoms with E-state index in [0.717, 1.165) is 4.88 Å². The quantitative estimate of drug-likeness (QED) is 0.606. The van der Waals surface area contributed by atoms with Crippen molar-refractivity contribution in [3.05, 3.63) is 57.5 Å². The van der Waals surface area contributed by atoms with E-state index in [0.29, 0.717) is 48.9 Å². The molecule has 0 aliphatic carbocycles. The van der Waals surface area contributed by atoms with Crippen molar-refractivity contribution < 1.29 is 13.7 Å². The molecule has 4 rings (SSSR count). The number of nitrogens with zero attached hydrogens (tertiary/aromatic N) is 4. The maximum atomic E-state index is 14.0. The van der Waals surface area contributed by atoms with Crippen LogP contribution in [0.25, 0.3) is 10.7 Å². The summed E-state index contributed by atoms with van der Waals surface area (Å²) >= 11 is 4.85. The summed E-state index contributed by atoms with van der Waals surface area (Å²) < 4.78 is 20.0. The van der Waals surface area contributed by atoms with Crippen LogP contribution in [-0.2, 0) is 6.54 Å². The first kappa shape index (κ1) is 18.3. The van der Waals surface area contributed by atoms with Crippen molar-refractivity contribution in [1.82, 2.24) is 19.9 Å². The topological polar surface area (TPSA) is 62.5 Å². The van der Waals surface area contributed by atoms with E-state index in [1.54, 1.807) is 22.3 Å². The number of benzene rings is 1. The number of carbonyl (C=O) groups is 1. The van der Waals surface area contributed by atoms with Crippen molar-refractivity contribution in [2.45, 2.75) is 6.54 Å². The highest BCUT2D eigenvalue weighted by Crippen LogP contribution is 2.22. The summed E-state index contributed by atoms with van der Waals surface area (Å²) in [5.41, 5.74) is 0.0929. The number of aromatic nitrogens is 2. The third-order valence-electron chi connectivity index (χ3n) is 4.39. The number of amides is 1. The van der Waals surface area contributed by atoms with Gasteiger partial charge in [-0.1, -0.05) is 27.2 Å². The zero-order valence-corrected chi connectivity index (χ0v) is 16.7. The first-order valence-electron chi connectivity index (χ1n) is 8.43. The summed E-state index contributed by atoms with van der Waals surface area (Å²) in [6, 6.07) is 8.30. The Labute approximate surface area is 167 Å². The van der Waals surface area contributed by atoms with Crippen LogP contribution < -0.4 is 0 Å². The van der Waals surface area contributed by atoms with Crippen LogP contribution in [0.5, 0.6) is 0 Å². The van der Waals surface area contributed by atoms with Gasteiger partial charge in [-0.3, -0.25) is 9.69 Å². The Kier molecular flexibility index (Phi) is 5.33. The molecule has 1 saturated heterocycles. The molecule has 1 aliphatic heterocycles. The van der Waals surface area contributed by atoms with E-state index >= 15 is 0 Å². The van der Waals surface area contributed by atoms with Gasteiger partial charge in [0.05, 0.1) is 17.0 Å². The molecule has 3 heterocycles. The lowest BCUT2D eigenvalue weighted by Gasteiger charge is -2.34. The van der Waals surface area contributed by atoms with E-state index in [1.165, 1.54) is 12.1 Å². The van der Waals surface area contributed by atoms with Gasteiger partial charge in [-0.15, -0.1) is 11.3 Å². The number of hydrogen-bond acceptors (Lipinski definition) is 6. The molecule has 9 heteroatoms. The molecule has 3 aromatic rings. The van der Waals surface area contributed by atoms with Gasteiger partial charge in [-0.25, -0.2) is 4.39 Å². The van der Waals surface area contributed by atoms with E-state index < -0.39 is 5.82 Å². The Bertz CT molecular complexity index is 939. The molecular weight excluding hydrogens is 435 g/mol. The van der Waals surface area contributed by atoms with Crippen LogP contribution in [0.3, 0.4) is 0 Å². The third kappa shape index (κ3) is 4.10. The Morgan fingerprint density at radius 3 is 2.81 bits per heavy atom. The van der Waals surface area contributed by atoms with E-state index in [1.807, 2.05) is 17.5 Å². The maximum Gasteiger partial charge on any atom is 0.256 e. The minimum absolute atomic E-state index is 0.0929. The highest BCUT2D eigenvalue weighted by Gasteiger charge is 2.25. The molecule has 6 nitrogen and oxygen atoms in total. The number of rotatable bonds is 4. The number of piperazine rings is 1. The largest absolute Gasteiger partial charge is 0.338 e. The summed E-state index contributed by atoms with van der Waals surface area (Å²) in [6.07, 6.45) is 0. The molecule has 1 aliphatic rings. The number of hydrogen-bond donors (Lipinski definition) is 0.